The first kappa shape index (κ1) is 10.7. The Morgan fingerprint density at radius 3 is 2.45 bits per heavy atom. The third-order valence-corrected chi connectivity index (χ3v) is 1.70. The molecular weight excluding hydrogens is 140 g/mol. The Morgan fingerprint density at radius 1 is 1.55 bits per heavy atom. The first-order valence-electron chi connectivity index (χ1n) is 3.83. The van der Waals surface area contributed by atoms with Gasteiger partial charge in [0.25, 0.3) is 0 Å². The molecule has 0 amide bonds. The fourth-order valence-electron chi connectivity index (χ4n) is 0.972. The molecule has 0 aromatic carbocycles. The molecule has 11 heavy (non-hydrogen) atoms. The third kappa shape index (κ3) is 4.99. The number of ether oxygens (including phenoxy) is 1. The second kappa shape index (κ2) is 4.52. The van der Waals surface area contributed by atoms with Crippen molar-refractivity contribution in [3.8, 4) is 0 Å². The monoisotopic (exact) mass is 158 g/mol. The van der Waals surface area contributed by atoms with Gasteiger partial charge in [-0.05, 0) is 27.2 Å². The summed E-state index contributed by atoms with van der Waals surface area (Å²) in [6.45, 7) is 6.17. The third-order valence-electron chi connectivity index (χ3n) is 1.70. The summed E-state index contributed by atoms with van der Waals surface area (Å²) in [5, 5.41) is 8.59. The van der Waals surface area contributed by atoms with E-state index in [9.17, 15) is 0 Å². The minimum absolute atomic E-state index is 0.115. The molecule has 0 spiro atoms. The average molecular weight is 158 g/mol. The quantitative estimate of drug-likeness (QED) is 0.631. The molecule has 66 valence electrons. The summed E-state index contributed by atoms with van der Waals surface area (Å²) in [6.07, 6.45) is 2.67. The minimum atomic E-state index is -0.115. The van der Waals surface area contributed by atoms with Crippen molar-refractivity contribution in [3.63, 3.8) is 0 Å². The van der Waals surface area contributed by atoms with Gasteiger partial charge in [-0.3, -0.25) is 0 Å². The second-order valence-electron chi connectivity index (χ2n) is 3.37. The van der Waals surface area contributed by atoms with E-state index in [-0.39, 0.29) is 12.2 Å². The van der Waals surface area contributed by atoms with Crippen LogP contribution < -0.4 is 0 Å². The Labute approximate surface area is 68.9 Å². The van der Waals surface area contributed by atoms with Crippen molar-refractivity contribution in [2.24, 2.45) is 0 Å². The maximum Gasteiger partial charge on any atom is 0.0659 e. The molecule has 0 rings (SSSR count). The van der Waals surface area contributed by atoms with E-state index in [1.165, 1.54) is 5.57 Å². The lowest BCUT2D eigenvalue weighted by Gasteiger charge is -2.22. The van der Waals surface area contributed by atoms with Crippen LogP contribution >= 0.6 is 0 Å². The van der Waals surface area contributed by atoms with Crippen molar-refractivity contribution >= 4 is 0 Å². The van der Waals surface area contributed by atoms with Gasteiger partial charge in [0.1, 0.15) is 0 Å². The molecule has 0 atom stereocenters. The fourth-order valence-corrected chi connectivity index (χ4v) is 0.972. The summed E-state index contributed by atoms with van der Waals surface area (Å²) in [6, 6.07) is 0. The smallest absolute Gasteiger partial charge is 0.0659 e. The zero-order valence-electron chi connectivity index (χ0n) is 7.85. The lowest BCUT2D eigenvalue weighted by molar-refractivity contribution is 0.0231. The zero-order chi connectivity index (χ0) is 8.91. The van der Waals surface area contributed by atoms with E-state index in [4.69, 9.17) is 9.84 Å². The molecule has 0 aliphatic rings. The molecule has 0 aliphatic heterocycles. The van der Waals surface area contributed by atoms with Crippen molar-refractivity contribution in [2.45, 2.75) is 32.8 Å². The largest absolute Gasteiger partial charge is 0.392 e. The highest BCUT2D eigenvalue weighted by Crippen LogP contribution is 2.18. The Hall–Kier alpha value is -0.340. The molecule has 0 aliphatic carbocycles. The van der Waals surface area contributed by atoms with E-state index in [1.807, 2.05) is 20.8 Å². The van der Waals surface area contributed by atoms with E-state index < -0.39 is 0 Å². The van der Waals surface area contributed by atoms with Crippen LogP contribution in [0.25, 0.3) is 0 Å². The summed E-state index contributed by atoms with van der Waals surface area (Å²) in [5.41, 5.74) is 1.05. The maximum atomic E-state index is 8.59. The van der Waals surface area contributed by atoms with Gasteiger partial charge in [-0.1, -0.05) is 11.6 Å². The predicted octanol–water partition coefficient (Wildman–Crippen LogP) is 1.74. The van der Waals surface area contributed by atoms with Gasteiger partial charge < -0.3 is 9.84 Å². The van der Waals surface area contributed by atoms with Crippen LogP contribution in [-0.4, -0.2) is 24.4 Å². The van der Waals surface area contributed by atoms with Crippen LogP contribution in [0, 0.1) is 0 Å². The molecule has 0 aromatic heterocycles. The molecule has 0 saturated heterocycles. The highest BCUT2D eigenvalue weighted by molar-refractivity contribution is 5.01. The van der Waals surface area contributed by atoms with Gasteiger partial charge in [0.2, 0.25) is 0 Å². The number of aliphatic hydroxyl groups excluding tert-OH is 1. The standard InChI is InChI=1S/C9H18O2/c1-8(5-6-10)7-9(2,3)11-4/h5,10H,6-7H2,1-4H3. The Bertz CT molecular complexity index is 136. The van der Waals surface area contributed by atoms with Crippen LogP contribution in [0.3, 0.4) is 0 Å². The van der Waals surface area contributed by atoms with E-state index in [1.54, 1.807) is 13.2 Å². The average Bonchev–Trinajstić information content (AvgIpc) is 1.87. The molecule has 0 fully saturated rings. The molecule has 0 radical (unpaired) electrons. The number of rotatable bonds is 4. The summed E-state index contributed by atoms with van der Waals surface area (Å²) < 4.78 is 5.23. The first-order valence-corrected chi connectivity index (χ1v) is 3.83. The van der Waals surface area contributed by atoms with Gasteiger partial charge in [0.05, 0.1) is 12.2 Å². The van der Waals surface area contributed by atoms with Crippen molar-refractivity contribution in [2.75, 3.05) is 13.7 Å². The van der Waals surface area contributed by atoms with E-state index in [0.717, 1.165) is 6.42 Å². The number of methoxy groups -OCH3 is 1. The van der Waals surface area contributed by atoms with Crippen molar-refractivity contribution in [1.29, 1.82) is 0 Å². The summed E-state index contributed by atoms with van der Waals surface area (Å²) in [7, 11) is 1.70. The highest BCUT2D eigenvalue weighted by Gasteiger charge is 2.15. The Kier molecular flexibility index (Phi) is 4.38. The van der Waals surface area contributed by atoms with Gasteiger partial charge in [-0.25, -0.2) is 0 Å². The number of hydrogen-bond acceptors (Lipinski definition) is 2. The molecule has 0 saturated carbocycles. The van der Waals surface area contributed by atoms with Gasteiger partial charge in [0, 0.05) is 7.11 Å². The molecule has 2 heteroatoms. The van der Waals surface area contributed by atoms with E-state index in [2.05, 4.69) is 0 Å². The second-order valence-corrected chi connectivity index (χ2v) is 3.37. The summed E-state index contributed by atoms with van der Waals surface area (Å²) >= 11 is 0. The SMILES string of the molecule is COC(C)(C)CC(C)=CCO. The van der Waals surface area contributed by atoms with Crippen molar-refractivity contribution in [3.05, 3.63) is 11.6 Å². The minimum Gasteiger partial charge on any atom is -0.392 e. The van der Waals surface area contributed by atoms with E-state index in [0.29, 0.717) is 0 Å². The van der Waals surface area contributed by atoms with Crippen LogP contribution in [0.5, 0.6) is 0 Å². The highest BCUT2D eigenvalue weighted by atomic mass is 16.5. The molecule has 0 heterocycles. The normalized spacial score (nSPS) is 13.7. The van der Waals surface area contributed by atoms with E-state index >= 15 is 0 Å². The van der Waals surface area contributed by atoms with Crippen LogP contribution in [0.15, 0.2) is 11.6 Å². The molecule has 1 N–H and O–H groups in total. The van der Waals surface area contributed by atoms with Crippen LogP contribution in [0.1, 0.15) is 27.2 Å². The predicted molar refractivity (Wildman–Crippen MR) is 46.5 cm³/mol. The maximum absolute atomic E-state index is 8.59. The summed E-state index contributed by atoms with van der Waals surface area (Å²) in [5.74, 6) is 0. The Balaban J connectivity index is 3.92. The number of hydrogen-bond donors (Lipinski definition) is 1. The lowest BCUT2D eigenvalue weighted by atomic mass is 9.99. The molecule has 0 aromatic rings. The molecule has 2 nitrogen and oxygen atoms in total. The summed E-state index contributed by atoms with van der Waals surface area (Å²) in [4.78, 5) is 0. The topological polar surface area (TPSA) is 29.5 Å². The van der Waals surface area contributed by atoms with Crippen molar-refractivity contribution in [1.82, 2.24) is 0 Å². The first-order chi connectivity index (χ1) is 5.02. The van der Waals surface area contributed by atoms with Crippen LogP contribution in [0.2, 0.25) is 0 Å². The van der Waals surface area contributed by atoms with Crippen molar-refractivity contribution < 1.29 is 9.84 Å². The fraction of sp³-hybridized carbons (Fsp3) is 0.778. The molecular formula is C9H18O2. The molecule has 0 bridgehead atoms. The Morgan fingerprint density at radius 2 is 2.09 bits per heavy atom. The van der Waals surface area contributed by atoms with Crippen LogP contribution in [-0.2, 0) is 4.74 Å². The van der Waals surface area contributed by atoms with Gasteiger partial charge >= 0.3 is 0 Å². The number of aliphatic hydroxyl groups is 1. The van der Waals surface area contributed by atoms with Gasteiger partial charge in [-0.15, -0.1) is 0 Å². The zero-order valence-corrected chi connectivity index (χ0v) is 7.85. The van der Waals surface area contributed by atoms with Crippen LogP contribution in [0.4, 0.5) is 0 Å². The van der Waals surface area contributed by atoms with Gasteiger partial charge in [-0.2, -0.15) is 0 Å². The lowest BCUT2D eigenvalue weighted by Crippen LogP contribution is -2.22. The molecule has 0 unspecified atom stereocenters. The van der Waals surface area contributed by atoms with Gasteiger partial charge in [0.15, 0.2) is 0 Å².